The Labute approximate surface area is 92.2 Å². The summed E-state index contributed by atoms with van der Waals surface area (Å²) >= 11 is 0. The molecule has 3 nitrogen and oxygen atoms in total. The Balaban J connectivity index is 3.31. The molecule has 0 atom stereocenters. The lowest BCUT2D eigenvalue weighted by Crippen LogP contribution is -2.21. The van der Waals surface area contributed by atoms with Crippen molar-refractivity contribution in [2.24, 2.45) is 0 Å². The standard InChI is InChI=1S/C12H21NO2/c1-4-5-6-7-8-9-10-15-13-12(14)11(2)3/h9-10H,2,4-8H2,1,3H3,(H,13,14)/b10-9+. The topological polar surface area (TPSA) is 38.3 Å². The Bertz CT molecular complexity index is 222. The Morgan fingerprint density at radius 2 is 2.13 bits per heavy atom. The number of hydroxylamine groups is 1. The van der Waals surface area contributed by atoms with Crippen molar-refractivity contribution in [2.45, 2.75) is 46.0 Å². The summed E-state index contributed by atoms with van der Waals surface area (Å²) in [6, 6.07) is 0. The van der Waals surface area contributed by atoms with E-state index in [-0.39, 0.29) is 5.91 Å². The molecule has 0 aromatic heterocycles. The van der Waals surface area contributed by atoms with Crippen LogP contribution in [-0.2, 0) is 9.63 Å². The van der Waals surface area contributed by atoms with Crippen LogP contribution in [0.5, 0.6) is 0 Å². The Morgan fingerprint density at radius 3 is 2.73 bits per heavy atom. The lowest BCUT2D eigenvalue weighted by Gasteiger charge is -2.01. The summed E-state index contributed by atoms with van der Waals surface area (Å²) in [5.74, 6) is -0.286. The third-order valence-electron chi connectivity index (χ3n) is 1.93. The fourth-order valence-corrected chi connectivity index (χ4v) is 0.980. The van der Waals surface area contributed by atoms with Crippen molar-refractivity contribution < 1.29 is 9.63 Å². The van der Waals surface area contributed by atoms with Gasteiger partial charge < -0.3 is 4.84 Å². The highest BCUT2D eigenvalue weighted by Crippen LogP contribution is 2.02. The van der Waals surface area contributed by atoms with Crippen LogP contribution < -0.4 is 5.48 Å². The third kappa shape index (κ3) is 9.06. The summed E-state index contributed by atoms with van der Waals surface area (Å²) in [4.78, 5) is 15.8. The third-order valence-corrected chi connectivity index (χ3v) is 1.93. The number of unbranched alkanes of at least 4 members (excludes halogenated alkanes) is 4. The highest BCUT2D eigenvalue weighted by atomic mass is 16.6. The Kier molecular flexibility index (Phi) is 8.53. The molecule has 0 aromatic rings. The van der Waals surface area contributed by atoms with Crippen LogP contribution in [0, 0.1) is 0 Å². The van der Waals surface area contributed by atoms with E-state index in [4.69, 9.17) is 4.84 Å². The van der Waals surface area contributed by atoms with Gasteiger partial charge in [0.05, 0.1) is 0 Å². The van der Waals surface area contributed by atoms with Gasteiger partial charge in [-0.1, -0.05) is 32.8 Å². The minimum atomic E-state index is -0.286. The first-order valence-electron chi connectivity index (χ1n) is 5.45. The normalized spacial score (nSPS) is 10.3. The molecule has 0 fully saturated rings. The van der Waals surface area contributed by atoms with Crippen LogP contribution in [0.25, 0.3) is 0 Å². The van der Waals surface area contributed by atoms with Crippen LogP contribution >= 0.6 is 0 Å². The molecule has 0 saturated carbocycles. The fourth-order valence-electron chi connectivity index (χ4n) is 0.980. The maximum atomic E-state index is 10.9. The van der Waals surface area contributed by atoms with Crippen molar-refractivity contribution in [3.05, 3.63) is 24.5 Å². The zero-order valence-electron chi connectivity index (χ0n) is 9.71. The SMILES string of the molecule is C=C(C)C(=O)NO/C=C/CCCCCC. The van der Waals surface area contributed by atoms with E-state index in [0.717, 1.165) is 6.42 Å². The number of rotatable bonds is 8. The second-order valence-electron chi connectivity index (χ2n) is 3.55. The molecule has 0 spiro atoms. The van der Waals surface area contributed by atoms with E-state index in [1.54, 1.807) is 6.92 Å². The predicted octanol–water partition coefficient (Wildman–Crippen LogP) is 3.09. The van der Waals surface area contributed by atoms with E-state index in [1.807, 2.05) is 6.08 Å². The lowest BCUT2D eigenvalue weighted by molar-refractivity contribution is -0.125. The average Bonchev–Trinajstić information content (AvgIpc) is 2.21. The van der Waals surface area contributed by atoms with Crippen molar-refractivity contribution in [1.82, 2.24) is 5.48 Å². The fraction of sp³-hybridized carbons (Fsp3) is 0.583. The zero-order chi connectivity index (χ0) is 11.5. The van der Waals surface area contributed by atoms with E-state index >= 15 is 0 Å². The largest absolute Gasteiger partial charge is 0.387 e. The van der Waals surface area contributed by atoms with Crippen LogP contribution in [0.1, 0.15) is 46.0 Å². The number of carbonyl (C=O) groups is 1. The smallest absolute Gasteiger partial charge is 0.278 e. The van der Waals surface area contributed by atoms with E-state index in [2.05, 4.69) is 19.0 Å². The van der Waals surface area contributed by atoms with Gasteiger partial charge in [-0.3, -0.25) is 4.79 Å². The van der Waals surface area contributed by atoms with Gasteiger partial charge in [0.2, 0.25) is 0 Å². The molecule has 1 amide bonds. The predicted molar refractivity (Wildman–Crippen MR) is 61.9 cm³/mol. The first-order chi connectivity index (χ1) is 7.18. The van der Waals surface area contributed by atoms with Crippen molar-refractivity contribution in [1.29, 1.82) is 0 Å². The van der Waals surface area contributed by atoms with Gasteiger partial charge in [-0.05, 0) is 25.8 Å². The number of allylic oxidation sites excluding steroid dienone is 1. The highest BCUT2D eigenvalue weighted by molar-refractivity contribution is 5.91. The number of carbonyl (C=O) groups excluding carboxylic acids is 1. The van der Waals surface area contributed by atoms with Crippen molar-refractivity contribution >= 4 is 5.91 Å². The number of hydrogen-bond acceptors (Lipinski definition) is 2. The van der Waals surface area contributed by atoms with E-state index in [9.17, 15) is 4.79 Å². The molecule has 1 N–H and O–H groups in total. The quantitative estimate of drug-likeness (QED) is 0.290. The van der Waals surface area contributed by atoms with E-state index in [1.165, 1.54) is 31.9 Å². The van der Waals surface area contributed by atoms with Crippen LogP contribution in [0.3, 0.4) is 0 Å². The van der Waals surface area contributed by atoms with Crippen molar-refractivity contribution in [3.63, 3.8) is 0 Å². The second-order valence-corrected chi connectivity index (χ2v) is 3.55. The summed E-state index contributed by atoms with van der Waals surface area (Å²) in [6.07, 6.45) is 9.35. The summed E-state index contributed by atoms with van der Waals surface area (Å²) in [5, 5.41) is 0. The molecular weight excluding hydrogens is 190 g/mol. The molecule has 0 saturated heterocycles. The van der Waals surface area contributed by atoms with Gasteiger partial charge in [-0.15, -0.1) is 0 Å². The molecular formula is C12H21NO2. The van der Waals surface area contributed by atoms with Gasteiger partial charge >= 0.3 is 0 Å². The molecule has 0 bridgehead atoms. The Morgan fingerprint density at radius 1 is 1.40 bits per heavy atom. The van der Waals surface area contributed by atoms with Gasteiger partial charge in [0.15, 0.2) is 0 Å². The molecule has 0 aromatic carbocycles. The lowest BCUT2D eigenvalue weighted by atomic mass is 10.2. The van der Waals surface area contributed by atoms with E-state index < -0.39 is 0 Å². The molecule has 0 heterocycles. The molecule has 0 aliphatic rings. The molecule has 0 rings (SSSR count). The number of nitrogens with one attached hydrogen (secondary N) is 1. The molecule has 0 unspecified atom stereocenters. The average molecular weight is 211 g/mol. The first kappa shape index (κ1) is 13.8. The van der Waals surface area contributed by atoms with Crippen LogP contribution in [0.4, 0.5) is 0 Å². The van der Waals surface area contributed by atoms with Gasteiger partial charge in [0.25, 0.3) is 5.91 Å². The minimum Gasteiger partial charge on any atom is -0.387 e. The zero-order valence-corrected chi connectivity index (χ0v) is 9.71. The first-order valence-corrected chi connectivity index (χ1v) is 5.45. The molecule has 0 radical (unpaired) electrons. The van der Waals surface area contributed by atoms with Crippen LogP contribution in [0.2, 0.25) is 0 Å². The maximum Gasteiger partial charge on any atom is 0.278 e. The maximum absolute atomic E-state index is 10.9. The van der Waals surface area contributed by atoms with Gasteiger partial charge in [0.1, 0.15) is 6.26 Å². The summed E-state index contributed by atoms with van der Waals surface area (Å²) in [7, 11) is 0. The highest BCUT2D eigenvalue weighted by Gasteiger charge is 1.97. The van der Waals surface area contributed by atoms with Crippen LogP contribution in [0.15, 0.2) is 24.5 Å². The molecule has 3 heteroatoms. The van der Waals surface area contributed by atoms with Crippen molar-refractivity contribution in [2.75, 3.05) is 0 Å². The van der Waals surface area contributed by atoms with Gasteiger partial charge in [-0.25, -0.2) is 0 Å². The van der Waals surface area contributed by atoms with Gasteiger partial charge in [-0.2, -0.15) is 5.48 Å². The summed E-state index contributed by atoms with van der Waals surface area (Å²) in [6.45, 7) is 7.31. The molecule has 86 valence electrons. The summed E-state index contributed by atoms with van der Waals surface area (Å²) < 4.78 is 0. The molecule has 15 heavy (non-hydrogen) atoms. The monoisotopic (exact) mass is 211 g/mol. The number of hydrogen-bond donors (Lipinski definition) is 1. The van der Waals surface area contributed by atoms with Gasteiger partial charge in [0, 0.05) is 5.57 Å². The van der Waals surface area contributed by atoms with Crippen LogP contribution in [-0.4, -0.2) is 5.91 Å². The molecule has 0 aliphatic heterocycles. The Hall–Kier alpha value is -1.25. The minimum absolute atomic E-state index is 0.286. The molecule has 0 aliphatic carbocycles. The number of amides is 1. The van der Waals surface area contributed by atoms with Crippen molar-refractivity contribution in [3.8, 4) is 0 Å². The summed E-state index contributed by atoms with van der Waals surface area (Å²) in [5.41, 5.74) is 2.70. The second kappa shape index (κ2) is 9.31. The van der Waals surface area contributed by atoms with E-state index in [0.29, 0.717) is 5.57 Å².